The number of likely N-dealkylation sites (tertiary alicyclic amines) is 1. The van der Waals surface area contributed by atoms with Gasteiger partial charge in [-0.25, -0.2) is 13.8 Å². The van der Waals surface area contributed by atoms with E-state index in [1.54, 1.807) is 19.4 Å². The van der Waals surface area contributed by atoms with E-state index >= 15 is 0 Å². The smallest absolute Gasteiger partial charge is 0.242 e. The Bertz CT molecular complexity index is 1390. The number of hydrogen-bond donors (Lipinski definition) is 3. The summed E-state index contributed by atoms with van der Waals surface area (Å²) in [5, 5.41) is 9.93. The third-order valence-electron chi connectivity index (χ3n) is 8.11. The first-order chi connectivity index (χ1) is 19.8. The molecule has 0 spiro atoms. The van der Waals surface area contributed by atoms with Crippen molar-refractivity contribution >= 4 is 17.6 Å². The molecule has 1 saturated heterocycles. The van der Waals surface area contributed by atoms with E-state index in [1.807, 2.05) is 34.6 Å². The molecular formula is C31H38F2N6O2. The Morgan fingerprint density at radius 2 is 1.98 bits per heavy atom. The number of carbonyl (C=O) groups excluding carboxylic acids is 2. The van der Waals surface area contributed by atoms with E-state index in [1.165, 1.54) is 6.07 Å². The first kappa shape index (κ1) is 28.9. The van der Waals surface area contributed by atoms with Gasteiger partial charge in [0.15, 0.2) is 5.82 Å². The fraction of sp³-hybridized carbons (Fsp3) is 0.452. The van der Waals surface area contributed by atoms with E-state index in [0.29, 0.717) is 55.7 Å². The second-order valence-corrected chi connectivity index (χ2v) is 11.1. The van der Waals surface area contributed by atoms with Crippen LogP contribution >= 0.6 is 0 Å². The number of amides is 2. The molecule has 2 heterocycles. The quantitative estimate of drug-likeness (QED) is 0.345. The predicted octanol–water partition coefficient (Wildman–Crippen LogP) is 4.12. The minimum absolute atomic E-state index is 0.0795. The van der Waals surface area contributed by atoms with Gasteiger partial charge in [-0.1, -0.05) is 31.5 Å². The number of nitrogens with zero attached hydrogens (tertiary/aromatic N) is 3. The van der Waals surface area contributed by atoms with E-state index in [0.717, 1.165) is 36.7 Å². The van der Waals surface area contributed by atoms with E-state index in [-0.39, 0.29) is 23.9 Å². The van der Waals surface area contributed by atoms with Crippen LogP contribution in [0.4, 0.5) is 14.6 Å². The summed E-state index contributed by atoms with van der Waals surface area (Å²) in [4.78, 5) is 31.2. The third-order valence-corrected chi connectivity index (χ3v) is 8.11. The lowest BCUT2D eigenvalue weighted by atomic mass is 9.87. The summed E-state index contributed by atoms with van der Waals surface area (Å²) in [5.74, 6) is -0.708. The molecule has 3 aromatic rings. The van der Waals surface area contributed by atoms with Gasteiger partial charge in [-0.05, 0) is 60.9 Å². The molecule has 0 unspecified atom stereocenters. The monoisotopic (exact) mass is 564 g/mol. The van der Waals surface area contributed by atoms with Crippen LogP contribution in [0.1, 0.15) is 56.2 Å². The van der Waals surface area contributed by atoms with Gasteiger partial charge in [0.05, 0.1) is 17.9 Å². The molecule has 1 aliphatic heterocycles. The van der Waals surface area contributed by atoms with E-state index in [9.17, 15) is 18.4 Å². The molecule has 5 rings (SSSR count). The average molecular weight is 565 g/mol. The van der Waals surface area contributed by atoms with Crippen molar-refractivity contribution in [3.63, 3.8) is 0 Å². The van der Waals surface area contributed by atoms with Gasteiger partial charge in [0.1, 0.15) is 18.0 Å². The number of hydrogen-bond acceptors (Lipinski definition) is 5. The van der Waals surface area contributed by atoms with Crippen molar-refractivity contribution in [1.29, 1.82) is 0 Å². The lowest BCUT2D eigenvalue weighted by molar-refractivity contribution is -0.127. The van der Waals surface area contributed by atoms with Crippen LogP contribution in [0, 0.1) is 11.6 Å². The van der Waals surface area contributed by atoms with Crippen LogP contribution < -0.4 is 16.0 Å². The molecule has 41 heavy (non-hydrogen) atoms. The standard InChI is InChI=1S/C31H38F2N6O2/c1-3-6-28(36-24-10-9-21-13-23(32)14-27(33)26(21)15-24)31(41)37-30-18-39(19-35-30)29-8-5-4-7-22(29)16-34-25-11-12-38(17-25)20(2)40/h4-5,7-8,13-14,18-19,24-25,28,34,36H,3,6,9-12,15-17H2,1-2H3,(H,37,41)/t24-,25+,28+/m0/s1. The summed E-state index contributed by atoms with van der Waals surface area (Å²) >= 11 is 0. The highest BCUT2D eigenvalue weighted by Crippen LogP contribution is 2.26. The summed E-state index contributed by atoms with van der Waals surface area (Å²) in [7, 11) is 0. The summed E-state index contributed by atoms with van der Waals surface area (Å²) in [5.41, 5.74) is 3.28. The van der Waals surface area contributed by atoms with Crippen molar-refractivity contribution in [3.8, 4) is 5.69 Å². The minimum atomic E-state index is -0.552. The Labute approximate surface area is 239 Å². The average Bonchev–Trinajstić information content (AvgIpc) is 3.62. The van der Waals surface area contributed by atoms with Crippen LogP contribution in [0.25, 0.3) is 5.69 Å². The summed E-state index contributed by atoms with van der Waals surface area (Å²) in [6, 6.07) is 10.1. The van der Waals surface area contributed by atoms with Crippen LogP contribution in [-0.2, 0) is 29.0 Å². The second kappa shape index (κ2) is 12.9. The van der Waals surface area contributed by atoms with E-state index in [2.05, 4.69) is 27.0 Å². The number of imidazole rings is 1. The largest absolute Gasteiger partial charge is 0.341 e. The molecule has 1 aliphatic carbocycles. The number of para-hydroxylation sites is 1. The van der Waals surface area contributed by atoms with Gasteiger partial charge in [-0.2, -0.15) is 0 Å². The van der Waals surface area contributed by atoms with Crippen molar-refractivity contribution in [1.82, 2.24) is 25.1 Å². The highest BCUT2D eigenvalue weighted by molar-refractivity contribution is 5.94. The van der Waals surface area contributed by atoms with Crippen molar-refractivity contribution in [2.75, 3.05) is 18.4 Å². The number of rotatable bonds is 10. The maximum Gasteiger partial charge on any atom is 0.242 e. The van der Waals surface area contributed by atoms with Crippen LogP contribution in [0.15, 0.2) is 48.9 Å². The van der Waals surface area contributed by atoms with Gasteiger partial charge in [0.25, 0.3) is 0 Å². The number of aryl methyl sites for hydroxylation is 1. The minimum Gasteiger partial charge on any atom is -0.341 e. The van der Waals surface area contributed by atoms with Gasteiger partial charge < -0.3 is 25.4 Å². The Balaban J connectivity index is 1.21. The first-order valence-electron chi connectivity index (χ1n) is 14.5. The molecule has 0 bridgehead atoms. The third kappa shape index (κ3) is 7.00. The SMILES string of the molecule is CCC[C@@H](N[C@H]1CCc2cc(F)cc(F)c2C1)C(=O)Nc1cn(-c2ccccc2CN[C@@H]2CCN(C(C)=O)C2)cn1. The number of fused-ring (bicyclic) bond motifs is 1. The predicted molar refractivity (Wildman–Crippen MR) is 154 cm³/mol. The number of benzene rings is 2. The normalized spacial score (nSPS) is 19.2. The van der Waals surface area contributed by atoms with Crippen molar-refractivity contribution < 1.29 is 18.4 Å². The topological polar surface area (TPSA) is 91.3 Å². The number of aromatic nitrogens is 2. The molecule has 8 nitrogen and oxygen atoms in total. The summed E-state index contributed by atoms with van der Waals surface area (Å²) in [6.45, 7) is 5.76. The summed E-state index contributed by atoms with van der Waals surface area (Å²) < 4.78 is 29.9. The molecule has 1 fully saturated rings. The van der Waals surface area contributed by atoms with Gasteiger partial charge in [-0.15, -0.1) is 0 Å². The highest BCUT2D eigenvalue weighted by Gasteiger charge is 2.27. The lowest BCUT2D eigenvalue weighted by Crippen LogP contribution is -2.48. The Hall–Kier alpha value is -3.63. The lowest BCUT2D eigenvalue weighted by Gasteiger charge is -2.29. The first-order valence-corrected chi connectivity index (χ1v) is 14.5. The molecule has 2 aromatic carbocycles. The Morgan fingerprint density at radius 3 is 2.76 bits per heavy atom. The summed E-state index contributed by atoms with van der Waals surface area (Å²) in [6.07, 6.45) is 7.52. The van der Waals surface area contributed by atoms with Crippen LogP contribution in [-0.4, -0.2) is 57.5 Å². The number of anilines is 1. The van der Waals surface area contributed by atoms with Crippen molar-refractivity contribution in [3.05, 3.63) is 77.2 Å². The number of carbonyl (C=O) groups is 2. The fourth-order valence-electron chi connectivity index (χ4n) is 5.90. The zero-order valence-electron chi connectivity index (χ0n) is 23.6. The van der Waals surface area contributed by atoms with E-state index < -0.39 is 17.7 Å². The number of halogens is 2. The van der Waals surface area contributed by atoms with Crippen molar-refractivity contribution in [2.24, 2.45) is 0 Å². The molecule has 1 aromatic heterocycles. The second-order valence-electron chi connectivity index (χ2n) is 11.1. The molecule has 3 atom stereocenters. The zero-order valence-corrected chi connectivity index (χ0v) is 23.6. The van der Waals surface area contributed by atoms with Gasteiger partial charge >= 0.3 is 0 Å². The van der Waals surface area contributed by atoms with Crippen molar-refractivity contribution in [2.45, 2.75) is 77.0 Å². The zero-order chi connectivity index (χ0) is 28.9. The molecule has 10 heteroatoms. The Morgan fingerprint density at radius 1 is 1.15 bits per heavy atom. The van der Waals surface area contributed by atoms with Gasteiger partial charge in [0, 0.05) is 44.7 Å². The van der Waals surface area contributed by atoms with E-state index in [4.69, 9.17) is 0 Å². The Kier molecular flexibility index (Phi) is 9.09. The number of nitrogens with one attached hydrogen (secondary N) is 3. The molecule has 3 N–H and O–H groups in total. The van der Waals surface area contributed by atoms with Crippen LogP contribution in [0.5, 0.6) is 0 Å². The molecule has 0 radical (unpaired) electrons. The molecule has 0 saturated carbocycles. The molecule has 2 amide bonds. The highest BCUT2D eigenvalue weighted by atomic mass is 19.1. The fourth-order valence-corrected chi connectivity index (χ4v) is 5.90. The molecule has 2 aliphatic rings. The van der Waals surface area contributed by atoms with Gasteiger partial charge in [0.2, 0.25) is 11.8 Å². The van der Waals surface area contributed by atoms with Gasteiger partial charge in [-0.3, -0.25) is 9.59 Å². The van der Waals surface area contributed by atoms with Crippen LogP contribution in [0.3, 0.4) is 0 Å². The molecular weight excluding hydrogens is 526 g/mol. The maximum absolute atomic E-state index is 14.4. The van der Waals surface area contributed by atoms with Crippen LogP contribution in [0.2, 0.25) is 0 Å². The maximum atomic E-state index is 14.4. The molecule has 218 valence electrons.